The Labute approximate surface area is 124 Å². The molecule has 0 aliphatic rings. The molecule has 0 aliphatic heterocycles. The number of benzene rings is 2. The summed E-state index contributed by atoms with van der Waals surface area (Å²) in [5, 5.41) is 9.83. The molecule has 2 aromatic rings. The minimum absolute atomic E-state index is 0.0602. The van der Waals surface area contributed by atoms with Crippen molar-refractivity contribution >= 4 is 17.6 Å². The van der Waals surface area contributed by atoms with Crippen LogP contribution in [0.3, 0.4) is 0 Å². The molecule has 3 heteroatoms. The summed E-state index contributed by atoms with van der Waals surface area (Å²) in [6.07, 6.45) is 0.0602. The summed E-state index contributed by atoms with van der Waals surface area (Å²) in [5.41, 5.74) is 4.22. The number of aliphatic carboxylic acids is 1. The molecule has 0 fully saturated rings. The Morgan fingerprint density at radius 1 is 1.20 bits per heavy atom. The van der Waals surface area contributed by atoms with Crippen LogP contribution in [0.15, 0.2) is 42.5 Å². The SMILES string of the molecule is Cc1ccc(C)c(C(CC(=O)O)c2cccc(Cl)c2)c1. The molecule has 0 aromatic heterocycles. The number of hydrogen-bond acceptors (Lipinski definition) is 1. The molecular weight excluding hydrogens is 272 g/mol. The molecule has 0 saturated carbocycles. The standard InChI is InChI=1S/C17H17ClO2/c1-11-6-7-12(2)15(8-11)16(10-17(19)20)13-4-3-5-14(18)9-13/h3-9,16H,10H2,1-2H3,(H,19,20). The van der Waals surface area contributed by atoms with Crippen LogP contribution in [0.2, 0.25) is 5.02 Å². The van der Waals surface area contributed by atoms with Crippen LogP contribution in [0.25, 0.3) is 0 Å². The fourth-order valence-corrected chi connectivity index (χ4v) is 2.64. The zero-order valence-electron chi connectivity index (χ0n) is 11.6. The van der Waals surface area contributed by atoms with Gasteiger partial charge in [0.2, 0.25) is 0 Å². The van der Waals surface area contributed by atoms with Crippen molar-refractivity contribution in [1.82, 2.24) is 0 Å². The Hall–Kier alpha value is -1.80. The second-order valence-corrected chi connectivity index (χ2v) is 5.50. The normalized spacial score (nSPS) is 12.2. The van der Waals surface area contributed by atoms with E-state index in [9.17, 15) is 9.90 Å². The maximum atomic E-state index is 11.2. The summed E-state index contributed by atoms with van der Waals surface area (Å²) in [6.45, 7) is 4.02. The molecule has 0 aliphatic carbocycles. The number of rotatable bonds is 4. The van der Waals surface area contributed by atoms with E-state index < -0.39 is 5.97 Å². The summed E-state index contributed by atoms with van der Waals surface area (Å²) in [5.74, 6) is -0.984. The minimum Gasteiger partial charge on any atom is -0.481 e. The Morgan fingerprint density at radius 3 is 2.60 bits per heavy atom. The van der Waals surface area contributed by atoms with Gasteiger partial charge in [-0.1, -0.05) is 47.5 Å². The summed E-state index contributed by atoms with van der Waals surface area (Å²) >= 11 is 6.04. The lowest BCUT2D eigenvalue weighted by molar-refractivity contribution is -0.137. The maximum Gasteiger partial charge on any atom is 0.304 e. The van der Waals surface area contributed by atoms with Crippen LogP contribution in [0.4, 0.5) is 0 Å². The second kappa shape index (κ2) is 6.10. The fraction of sp³-hybridized carbons (Fsp3) is 0.235. The number of carboxylic acid groups (broad SMARTS) is 1. The number of carboxylic acids is 1. The number of aryl methyl sites for hydroxylation is 2. The van der Waals surface area contributed by atoms with E-state index in [-0.39, 0.29) is 12.3 Å². The van der Waals surface area contributed by atoms with E-state index >= 15 is 0 Å². The molecule has 0 spiro atoms. The van der Waals surface area contributed by atoms with Gasteiger partial charge in [-0.3, -0.25) is 4.79 Å². The van der Waals surface area contributed by atoms with Crippen molar-refractivity contribution in [3.63, 3.8) is 0 Å². The fourth-order valence-electron chi connectivity index (χ4n) is 2.44. The van der Waals surface area contributed by atoms with Gasteiger partial charge in [-0.15, -0.1) is 0 Å². The minimum atomic E-state index is -0.809. The maximum absolute atomic E-state index is 11.2. The summed E-state index contributed by atoms with van der Waals surface area (Å²) in [4.78, 5) is 11.2. The number of hydrogen-bond donors (Lipinski definition) is 1. The Morgan fingerprint density at radius 2 is 1.95 bits per heavy atom. The molecule has 0 bridgehead atoms. The lowest BCUT2D eigenvalue weighted by Crippen LogP contribution is -2.09. The van der Waals surface area contributed by atoms with Crippen LogP contribution >= 0.6 is 11.6 Å². The van der Waals surface area contributed by atoms with E-state index in [2.05, 4.69) is 6.07 Å². The van der Waals surface area contributed by atoms with Crippen molar-refractivity contribution in [3.05, 3.63) is 69.7 Å². The first-order valence-electron chi connectivity index (χ1n) is 6.52. The van der Waals surface area contributed by atoms with Crippen molar-refractivity contribution in [1.29, 1.82) is 0 Å². The van der Waals surface area contributed by atoms with Gasteiger partial charge < -0.3 is 5.11 Å². The smallest absolute Gasteiger partial charge is 0.304 e. The highest BCUT2D eigenvalue weighted by molar-refractivity contribution is 6.30. The third-order valence-corrected chi connectivity index (χ3v) is 3.68. The lowest BCUT2D eigenvalue weighted by Gasteiger charge is -2.19. The summed E-state index contributed by atoms with van der Waals surface area (Å²) in [6, 6.07) is 13.6. The molecule has 1 unspecified atom stereocenters. The topological polar surface area (TPSA) is 37.3 Å². The van der Waals surface area contributed by atoms with Gasteiger partial charge in [0.1, 0.15) is 0 Å². The van der Waals surface area contributed by atoms with Crippen molar-refractivity contribution < 1.29 is 9.90 Å². The highest BCUT2D eigenvalue weighted by atomic mass is 35.5. The molecule has 0 radical (unpaired) electrons. The average molecular weight is 289 g/mol. The van der Waals surface area contributed by atoms with Gasteiger partial charge in [-0.25, -0.2) is 0 Å². The second-order valence-electron chi connectivity index (χ2n) is 5.07. The first-order valence-corrected chi connectivity index (χ1v) is 6.89. The Balaban J connectivity index is 2.52. The largest absolute Gasteiger partial charge is 0.481 e. The molecular formula is C17H17ClO2. The zero-order valence-corrected chi connectivity index (χ0v) is 12.3. The quantitative estimate of drug-likeness (QED) is 0.895. The monoisotopic (exact) mass is 288 g/mol. The molecule has 1 N–H and O–H groups in total. The highest BCUT2D eigenvalue weighted by Gasteiger charge is 2.20. The van der Waals surface area contributed by atoms with Crippen molar-refractivity contribution in [2.45, 2.75) is 26.2 Å². The first-order chi connectivity index (χ1) is 9.47. The van der Waals surface area contributed by atoms with E-state index in [0.29, 0.717) is 5.02 Å². The van der Waals surface area contributed by atoms with Gasteiger partial charge >= 0.3 is 5.97 Å². The molecule has 20 heavy (non-hydrogen) atoms. The highest BCUT2D eigenvalue weighted by Crippen LogP contribution is 2.32. The van der Waals surface area contributed by atoms with Crippen LogP contribution in [0.5, 0.6) is 0 Å². The third-order valence-electron chi connectivity index (χ3n) is 3.44. The molecule has 0 heterocycles. The van der Waals surface area contributed by atoms with Crippen molar-refractivity contribution in [2.24, 2.45) is 0 Å². The Bertz CT molecular complexity index is 635. The predicted octanol–water partition coefficient (Wildman–Crippen LogP) is 4.56. The first kappa shape index (κ1) is 14.6. The molecule has 0 saturated heterocycles. The predicted molar refractivity (Wildman–Crippen MR) is 81.5 cm³/mol. The molecule has 2 aromatic carbocycles. The van der Waals surface area contributed by atoms with E-state index in [1.807, 2.05) is 44.2 Å². The van der Waals surface area contributed by atoms with Crippen LogP contribution in [-0.2, 0) is 4.79 Å². The van der Waals surface area contributed by atoms with Gasteiger partial charge in [-0.05, 0) is 42.7 Å². The van der Waals surface area contributed by atoms with Gasteiger partial charge in [0.05, 0.1) is 6.42 Å². The summed E-state index contributed by atoms with van der Waals surface area (Å²) in [7, 11) is 0. The zero-order chi connectivity index (χ0) is 14.7. The number of halogens is 1. The van der Waals surface area contributed by atoms with E-state index in [4.69, 9.17) is 11.6 Å². The van der Waals surface area contributed by atoms with E-state index in [1.54, 1.807) is 6.07 Å². The molecule has 2 rings (SSSR count). The van der Waals surface area contributed by atoms with Crippen LogP contribution in [-0.4, -0.2) is 11.1 Å². The van der Waals surface area contributed by atoms with E-state index in [0.717, 1.165) is 22.3 Å². The molecule has 1 atom stereocenters. The van der Waals surface area contributed by atoms with E-state index in [1.165, 1.54) is 0 Å². The van der Waals surface area contributed by atoms with Gasteiger partial charge in [0, 0.05) is 10.9 Å². The molecule has 2 nitrogen and oxygen atoms in total. The van der Waals surface area contributed by atoms with Crippen LogP contribution in [0.1, 0.15) is 34.6 Å². The van der Waals surface area contributed by atoms with Gasteiger partial charge in [0.15, 0.2) is 0 Å². The van der Waals surface area contributed by atoms with Crippen LogP contribution < -0.4 is 0 Å². The number of carbonyl (C=O) groups is 1. The Kier molecular flexibility index (Phi) is 4.46. The lowest BCUT2D eigenvalue weighted by atomic mass is 9.85. The van der Waals surface area contributed by atoms with Crippen molar-refractivity contribution in [3.8, 4) is 0 Å². The van der Waals surface area contributed by atoms with Crippen molar-refractivity contribution in [2.75, 3.05) is 0 Å². The summed E-state index contributed by atoms with van der Waals surface area (Å²) < 4.78 is 0. The van der Waals surface area contributed by atoms with Crippen LogP contribution in [0, 0.1) is 13.8 Å². The molecule has 104 valence electrons. The third kappa shape index (κ3) is 3.40. The average Bonchev–Trinajstić information content (AvgIpc) is 2.39. The molecule has 0 amide bonds. The van der Waals surface area contributed by atoms with Gasteiger partial charge in [-0.2, -0.15) is 0 Å². The van der Waals surface area contributed by atoms with Gasteiger partial charge in [0.25, 0.3) is 0 Å².